The van der Waals surface area contributed by atoms with Crippen LogP contribution in [0.5, 0.6) is 0 Å². The lowest BCUT2D eigenvalue weighted by molar-refractivity contribution is -0.193. The minimum atomic E-state index is -5.28. The number of carbonyl (C=O) groups is 2. The van der Waals surface area contributed by atoms with E-state index in [2.05, 4.69) is 14.7 Å². The van der Waals surface area contributed by atoms with Gasteiger partial charge >= 0.3 is 18.1 Å². The molecule has 1 unspecified atom stereocenters. The SMILES string of the molecule is Cc1cc(N2CCCOCC2c2ccc(C(=O)OC(=O)C(F)(F)F)cc2Cl)nc(N)n1. The van der Waals surface area contributed by atoms with Gasteiger partial charge in [0, 0.05) is 29.9 Å². The number of hydrogen-bond donors (Lipinski definition) is 1. The highest BCUT2D eigenvalue weighted by Gasteiger charge is 2.42. The monoisotopic (exact) mass is 458 g/mol. The van der Waals surface area contributed by atoms with Crippen LogP contribution in [0.25, 0.3) is 0 Å². The maximum atomic E-state index is 12.3. The number of aromatic nitrogens is 2. The van der Waals surface area contributed by atoms with Gasteiger partial charge in [0.1, 0.15) is 5.82 Å². The van der Waals surface area contributed by atoms with Gasteiger partial charge in [-0.05, 0) is 31.0 Å². The molecule has 0 aliphatic carbocycles. The number of nitrogens with zero attached hydrogens (tertiary/aromatic N) is 3. The number of hydrogen-bond acceptors (Lipinski definition) is 8. The number of anilines is 2. The highest BCUT2D eigenvalue weighted by atomic mass is 35.5. The number of benzene rings is 1. The fourth-order valence-corrected chi connectivity index (χ4v) is 3.46. The standard InChI is InChI=1S/C19H18ClF3N4O4/c1-10-7-15(26-18(24)25-10)27-5-2-6-30-9-14(27)12-4-3-11(8-13(12)20)16(28)31-17(29)19(21,22)23/h3-4,7-8,14H,2,5-6,9H2,1H3,(H2,24,25,26). The van der Waals surface area contributed by atoms with Crippen LogP contribution in [0.3, 0.4) is 0 Å². The van der Waals surface area contributed by atoms with E-state index in [0.29, 0.717) is 36.6 Å². The molecule has 12 heteroatoms. The van der Waals surface area contributed by atoms with Crippen LogP contribution in [0.2, 0.25) is 5.02 Å². The Morgan fingerprint density at radius 2 is 2.03 bits per heavy atom. The molecule has 31 heavy (non-hydrogen) atoms. The number of halogens is 4. The molecule has 2 N–H and O–H groups in total. The van der Waals surface area contributed by atoms with Crippen LogP contribution >= 0.6 is 11.6 Å². The molecule has 1 aliphatic heterocycles. The van der Waals surface area contributed by atoms with Crippen molar-refractivity contribution in [3.8, 4) is 0 Å². The molecule has 0 spiro atoms. The van der Waals surface area contributed by atoms with Gasteiger partial charge < -0.3 is 20.1 Å². The molecule has 0 radical (unpaired) electrons. The van der Waals surface area contributed by atoms with Crippen LogP contribution in [-0.2, 0) is 14.3 Å². The Bertz CT molecular complexity index is 982. The van der Waals surface area contributed by atoms with Gasteiger partial charge in [0.05, 0.1) is 18.2 Å². The number of ether oxygens (including phenoxy) is 2. The van der Waals surface area contributed by atoms with Crippen LogP contribution in [0.15, 0.2) is 24.3 Å². The Morgan fingerprint density at radius 1 is 1.29 bits per heavy atom. The predicted octanol–water partition coefficient (Wildman–Crippen LogP) is 3.23. The average molecular weight is 459 g/mol. The van der Waals surface area contributed by atoms with Gasteiger partial charge in [0.15, 0.2) is 0 Å². The molecule has 1 atom stereocenters. The van der Waals surface area contributed by atoms with Crippen LogP contribution in [0.1, 0.15) is 34.1 Å². The second kappa shape index (κ2) is 9.06. The van der Waals surface area contributed by atoms with Crippen molar-refractivity contribution in [2.24, 2.45) is 0 Å². The predicted molar refractivity (Wildman–Crippen MR) is 105 cm³/mol. The Kier molecular flexibility index (Phi) is 6.65. The summed E-state index contributed by atoms with van der Waals surface area (Å²) in [6, 6.07) is 5.20. The maximum absolute atomic E-state index is 12.3. The first-order chi connectivity index (χ1) is 14.6. The second-order valence-corrected chi connectivity index (χ2v) is 7.18. The molecule has 1 aliphatic rings. The van der Waals surface area contributed by atoms with Crippen LogP contribution in [-0.4, -0.2) is 47.8 Å². The first-order valence-electron chi connectivity index (χ1n) is 9.14. The van der Waals surface area contributed by atoms with Crippen molar-refractivity contribution in [1.82, 2.24) is 9.97 Å². The van der Waals surface area contributed by atoms with E-state index < -0.39 is 24.2 Å². The third-order valence-electron chi connectivity index (χ3n) is 4.50. The van der Waals surface area contributed by atoms with Crippen LogP contribution in [0.4, 0.5) is 24.9 Å². The summed E-state index contributed by atoms with van der Waals surface area (Å²) in [5, 5.41) is 0.0909. The number of nitrogen functional groups attached to an aromatic ring is 1. The van der Waals surface area contributed by atoms with Crippen molar-refractivity contribution in [3.05, 3.63) is 46.1 Å². The fraction of sp³-hybridized carbons (Fsp3) is 0.368. The van der Waals surface area contributed by atoms with Crippen molar-refractivity contribution in [1.29, 1.82) is 0 Å². The lowest BCUT2D eigenvalue weighted by Gasteiger charge is -2.31. The quantitative estimate of drug-likeness (QED) is 0.551. The Morgan fingerprint density at radius 3 is 2.68 bits per heavy atom. The van der Waals surface area contributed by atoms with Crippen molar-refractivity contribution in [3.63, 3.8) is 0 Å². The Hall–Kier alpha value is -2.92. The van der Waals surface area contributed by atoms with Gasteiger partial charge in [-0.1, -0.05) is 17.7 Å². The minimum Gasteiger partial charge on any atom is -0.383 e. The fourth-order valence-electron chi connectivity index (χ4n) is 3.16. The summed E-state index contributed by atoms with van der Waals surface area (Å²) < 4.78 is 46.5. The highest BCUT2D eigenvalue weighted by molar-refractivity contribution is 6.31. The van der Waals surface area contributed by atoms with Crippen molar-refractivity contribution < 1.29 is 32.2 Å². The van der Waals surface area contributed by atoms with Gasteiger partial charge in [-0.25, -0.2) is 14.6 Å². The molecule has 1 aromatic carbocycles. The Labute approximate surface area is 180 Å². The van der Waals surface area contributed by atoms with Crippen LogP contribution in [0, 0.1) is 6.92 Å². The molecule has 166 valence electrons. The highest BCUT2D eigenvalue weighted by Crippen LogP contribution is 2.34. The lowest BCUT2D eigenvalue weighted by atomic mass is 10.0. The molecule has 2 aromatic rings. The van der Waals surface area contributed by atoms with E-state index >= 15 is 0 Å². The molecule has 8 nitrogen and oxygen atoms in total. The van der Waals surface area contributed by atoms with Gasteiger partial charge in [-0.2, -0.15) is 18.2 Å². The number of rotatable bonds is 3. The third-order valence-corrected chi connectivity index (χ3v) is 4.83. The summed E-state index contributed by atoms with van der Waals surface area (Å²) in [5.41, 5.74) is 6.70. The molecule has 1 saturated heterocycles. The van der Waals surface area contributed by atoms with E-state index in [1.165, 1.54) is 12.1 Å². The Balaban J connectivity index is 1.90. The topological polar surface area (TPSA) is 108 Å². The average Bonchev–Trinajstić information content (AvgIpc) is 2.92. The van der Waals surface area contributed by atoms with E-state index in [1.807, 2.05) is 4.90 Å². The van der Waals surface area contributed by atoms with Crippen molar-refractivity contribution in [2.75, 3.05) is 30.4 Å². The van der Waals surface area contributed by atoms with E-state index in [1.54, 1.807) is 13.0 Å². The van der Waals surface area contributed by atoms with Gasteiger partial charge in [0.25, 0.3) is 0 Å². The second-order valence-electron chi connectivity index (χ2n) is 6.77. The maximum Gasteiger partial charge on any atom is 0.491 e. The van der Waals surface area contributed by atoms with Gasteiger partial charge in [-0.15, -0.1) is 0 Å². The van der Waals surface area contributed by atoms with E-state index in [9.17, 15) is 22.8 Å². The molecule has 0 amide bonds. The molecule has 0 saturated carbocycles. The summed E-state index contributed by atoms with van der Waals surface area (Å²) in [6.45, 7) is 3.11. The normalized spacial score (nSPS) is 17.2. The molecular formula is C19H18ClF3N4O4. The summed E-state index contributed by atoms with van der Waals surface area (Å²) in [4.78, 5) is 33.1. The molecule has 2 heterocycles. The molecule has 0 bridgehead atoms. The zero-order valence-electron chi connectivity index (χ0n) is 16.3. The summed E-state index contributed by atoms with van der Waals surface area (Å²) in [7, 11) is 0. The number of aryl methyl sites for hydroxylation is 1. The number of alkyl halides is 3. The van der Waals surface area contributed by atoms with Gasteiger partial charge in [-0.3, -0.25) is 0 Å². The number of nitrogens with two attached hydrogens (primary N) is 1. The van der Waals surface area contributed by atoms with E-state index in [-0.39, 0.29) is 23.1 Å². The first kappa shape index (κ1) is 22.8. The minimum absolute atomic E-state index is 0.0909. The lowest BCUT2D eigenvalue weighted by Crippen LogP contribution is -2.32. The number of carbonyl (C=O) groups excluding carboxylic acids is 2. The molecular weight excluding hydrogens is 441 g/mol. The van der Waals surface area contributed by atoms with Crippen LogP contribution < -0.4 is 10.6 Å². The number of esters is 2. The molecule has 3 rings (SSSR count). The zero-order chi connectivity index (χ0) is 22.8. The molecule has 1 fully saturated rings. The molecule has 1 aromatic heterocycles. The van der Waals surface area contributed by atoms with E-state index in [0.717, 1.165) is 6.07 Å². The van der Waals surface area contributed by atoms with Gasteiger partial charge in [0.2, 0.25) is 5.95 Å². The zero-order valence-corrected chi connectivity index (χ0v) is 17.0. The summed E-state index contributed by atoms with van der Waals surface area (Å²) >= 11 is 6.35. The third kappa shape index (κ3) is 5.42. The smallest absolute Gasteiger partial charge is 0.383 e. The first-order valence-corrected chi connectivity index (χ1v) is 9.52. The largest absolute Gasteiger partial charge is 0.491 e. The summed E-state index contributed by atoms with van der Waals surface area (Å²) in [6.07, 6.45) is -4.57. The van der Waals surface area contributed by atoms with Crippen molar-refractivity contribution >= 4 is 35.3 Å². The van der Waals surface area contributed by atoms with Crippen molar-refractivity contribution in [2.45, 2.75) is 25.6 Å². The summed E-state index contributed by atoms with van der Waals surface area (Å²) in [5.74, 6) is -3.38. The van der Waals surface area contributed by atoms with E-state index in [4.69, 9.17) is 22.1 Å².